The Labute approximate surface area is 69.3 Å². The molecule has 1 saturated carbocycles. The van der Waals surface area contributed by atoms with Crippen molar-refractivity contribution in [3.05, 3.63) is 0 Å². The standard InChI is InChI=1S/C9H19NO/c1-2-10-6-3-7-11-8-9-4-5-9/h9-10H,2-8H2,1H3. The van der Waals surface area contributed by atoms with E-state index in [9.17, 15) is 0 Å². The highest BCUT2D eigenvalue weighted by Gasteiger charge is 2.20. The smallest absolute Gasteiger partial charge is 0.0494 e. The Morgan fingerprint density at radius 3 is 2.91 bits per heavy atom. The molecule has 0 unspecified atom stereocenters. The molecule has 0 bridgehead atoms. The summed E-state index contributed by atoms with van der Waals surface area (Å²) >= 11 is 0. The summed E-state index contributed by atoms with van der Waals surface area (Å²) in [7, 11) is 0. The van der Waals surface area contributed by atoms with Gasteiger partial charge >= 0.3 is 0 Å². The van der Waals surface area contributed by atoms with Gasteiger partial charge in [0.1, 0.15) is 0 Å². The lowest BCUT2D eigenvalue weighted by atomic mass is 10.4. The quantitative estimate of drug-likeness (QED) is 0.564. The summed E-state index contributed by atoms with van der Waals surface area (Å²) in [5, 5.41) is 3.27. The fourth-order valence-corrected chi connectivity index (χ4v) is 1.01. The summed E-state index contributed by atoms with van der Waals surface area (Å²) in [6.45, 7) is 6.24. The van der Waals surface area contributed by atoms with Crippen molar-refractivity contribution in [2.75, 3.05) is 26.3 Å². The Morgan fingerprint density at radius 1 is 1.45 bits per heavy atom. The number of hydrogen-bond donors (Lipinski definition) is 1. The third-order valence-electron chi connectivity index (χ3n) is 1.94. The summed E-state index contributed by atoms with van der Waals surface area (Å²) in [6, 6.07) is 0. The average Bonchev–Trinajstić information content (AvgIpc) is 2.80. The predicted octanol–water partition coefficient (Wildman–Crippen LogP) is 1.41. The van der Waals surface area contributed by atoms with E-state index >= 15 is 0 Å². The van der Waals surface area contributed by atoms with Crippen LogP contribution in [0.25, 0.3) is 0 Å². The van der Waals surface area contributed by atoms with Gasteiger partial charge in [-0.05, 0) is 38.3 Å². The summed E-state index contributed by atoms with van der Waals surface area (Å²) in [5.74, 6) is 0.911. The van der Waals surface area contributed by atoms with Crippen LogP contribution in [-0.4, -0.2) is 26.3 Å². The first-order valence-electron chi connectivity index (χ1n) is 4.72. The topological polar surface area (TPSA) is 21.3 Å². The van der Waals surface area contributed by atoms with Crippen molar-refractivity contribution in [2.45, 2.75) is 26.2 Å². The second-order valence-electron chi connectivity index (χ2n) is 3.23. The first-order chi connectivity index (χ1) is 5.43. The Hall–Kier alpha value is -0.0800. The summed E-state index contributed by atoms with van der Waals surface area (Å²) in [6.07, 6.45) is 3.95. The van der Waals surface area contributed by atoms with Gasteiger partial charge < -0.3 is 10.1 Å². The first-order valence-corrected chi connectivity index (χ1v) is 4.72. The van der Waals surface area contributed by atoms with E-state index < -0.39 is 0 Å². The van der Waals surface area contributed by atoms with Crippen LogP contribution in [0.4, 0.5) is 0 Å². The van der Waals surface area contributed by atoms with Crippen molar-refractivity contribution in [3.8, 4) is 0 Å². The summed E-state index contributed by atoms with van der Waals surface area (Å²) in [4.78, 5) is 0. The van der Waals surface area contributed by atoms with Crippen molar-refractivity contribution in [2.24, 2.45) is 5.92 Å². The molecule has 1 fully saturated rings. The van der Waals surface area contributed by atoms with Crippen LogP contribution >= 0.6 is 0 Å². The highest BCUT2D eigenvalue weighted by Crippen LogP contribution is 2.28. The predicted molar refractivity (Wildman–Crippen MR) is 46.7 cm³/mol. The second kappa shape index (κ2) is 5.56. The maximum atomic E-state index is 5.46. The Morgan fingerprint density at radius 2 is 2.27 bits per heavy atom. The van der Waals surface area contributed by atoms with Gasteiger partial charge in [-0.1, -0.05) is 6.92 Å². The molecule has 0 amide bonds. The molecule has 0 spiro atoms. The van der Waals surface area contributed by atoms with Crippen LogP contribution < -0.4 is 5.32 Å². The van der Waals surface area contributed by atoms with Crippen molar-refractivity contribution in [3.63, 3.8) is 0 Å². The molecule has 66 valence electrons. The Kier molecular flexibility index (Phi) is 4.55. The van der Waals surface area contributed by atoms with E-state index in [1.165, 1.54) is 12.8 Å². The van der Waals surface area contributed by atoms with Crippen LogP contribution in [0, 0.1) is 5.92 Å². The molecule has 2 nitrogen and oxygen atoms in total. The van der Waals surface area contributed by atoms with Crippen LogP contribution in [0.5, 0.6) is 0 Å². The van der Waals surface area contributed by atoms with Gasteiger partial charge in [0.05, 0.1) is 0 Å². The van der Waals surface area contributed by atoms with Crippen LogP contribution in [0.1, 0.15) is 26.2 Å². The zero-order valence-corrected chi connectivity index (χ0v) is 7.44. The zero-order valence-electron chi connectivity index (χ0n) is 7.44. The molecule has 0 aromatic rings. The van der Waals surface area contributed by atoms with Gasteiger partial charge in [-0.2, -0.15) is 0 Å². The third-order valence-corrected chi connectivity index (χ3v) is 1.94. The van der Waals surface area contributed by atoms with Gasteiger partial charge in [0.25, 0.3) is 0 Å². The minimum absolute atomic E-state index is 0.911. The van der Waals surface area contributed by atoms with Gasteiger partial charge in [0.15, 0.2) is 0 Å². The monoisotopic (exact) mass is 157 g/mol. The fourth-order valence-electron chi connectivity index (χ4n) is 1.01. The maximum absolute atomic E-state index is 5.46. The van der Waals surface area contributed by atoms with Gasteiger partial charge in [-0.3, -0.25) is 0 Å². The van der Waals surface area contributed by atoms with E-state index in [2.05, 4.69) is 12.2 Å². The van der Waals surface area contributed by atoms with Crippen molar-refractivity contribution < 1.29 is 4.74 Å². The van der Waals surface area contributed by atoms with E-state index in [4.69, 9.17) is 4.74 Å². The minimum atomic E-state index is 0.911. The summed E-state index contributed by atoms with van der Waals surface area (Å²) < 4.78 is 5.46. The highest BCUT2D eigenvalue weighted by atomic mass is 16.5. The largest absolute Gasteiger partial charge is 0.381 e. The van der Waals surface area contributed by atoms with E-state index in [0.29, 0.717) is 0 Å². The molecular formula is C9H19NO. The average molecular weight is 157 g/mol. The third kappa shape index (κ3) is 5.22. The van der Waals surface area contributed by atoms with E-state index in [-0.39, 0.29) is 0 Å². The molecule has 1 aliphatic rings. The molecule has 0 atom stereocenters. The molecular weight excluding hydrogens is 138 g/mol. The first kappa shape index (κ1) is 9.01. The molecule has 11 heavy (non-hydrogen) atoms. The lowest BCUT2D eigenvalue weighted by Crippen LogP contribution is -2.16. The summed E-state index contributed by atoms with van der Waals surface area (Å²) in [5.41, 5.74) is 0. The Bertz CT molecular complexity index is 91.6. The molecule has 1 N–H and O–H groups in total. The molecule has 0 heterocycles. The Balaban J connectivity index is 1.66. The van der Waals surface area contributed by atoms with Crippen molar-refractivity contribution in [1.29, 1.82) is 0 Å². The number of nitrogens with one attached hydrogen (secondary N) is 1. The minimum Gasteiger partial charge on any atom is -0.381 e. The molecule has 0 saturated heterocycles. The zero-order chi connectivity index (χ0) is 7.94. The van der Waals surface area contributed by atoms with Crippen LogP contribution in [-0.2, 0) is 4.74 Å². The second-order valence-corrected chi connectivity index (χ2v) is 3.23. The number of hydrogen-bond acceptors (Lipinski definition) is 2. The van der Waals surface area contributed by atoms with Crippen molar-refractivity contribution >= 4 is 0 Å². The van der Waals surface area contributed by atoms with Gasteiger partial charge in [0.2, 0.25) is 0 Å². The fraction of sp³-hybridized carbons (Fsp3) is 1.00. The molecule has 2 heteroatoms. The normalized spacial score (nSPS) is 17.2. The number of rotatable bonds is 7. The lowest BCUT2D eigenvalue weighted by molar-refractivity contribution is 0.122. The SMILES string of the molecule is CCNCCCOCC1CC1. The van der Waals surface area contributed by atoms with Crippen LogP contribution in [0.2, 0.25) is 0 Å². The maximum Gasteiger partial charge on any atom is 0.0494 e. The van der Waals surface area contributed by atoms with Gasteiger partial charge in [-0.25, -0.2) is 0 Å². The van der Waals surface area contributed by atoms with Gasteiger partial charge in [0, 0.05) is 13.2 Å². The highest BCUT2D eigenvalue weighted by molar-refractivity contribution is 4.71. The van der Waals surface area contributed by atoms with E-state index in [1.807, 2.05) is 0 Å². The van der Waals surface area contributed by atoms with Crippen LogP contribution in [0.3, 0.4) is 0 Å². The number of ether oxygens (including phenoxy) is 1. The van der Waals surface area contributed by atoms with E-state index in [0.717, 1.165) is 38.6 Å². The lowest BCUT2D eigenvalue weighted by Gasteiger charge is -2.02. The molecule has 0 aromatic carbocycles. The van der Waals surface area contributed by atoms with E-state index in [1.54, 1.807) is 0 Å². The molecule has 0 aliphatic heterocycles. The molecule has 0 radical (unpaired) electrons. The van der Waals surface area contributed by atoms with Crippen LogP contribution in [0.15, 0.2) is 0 Å². The molecule has 1 rings (SSSR count). The molecule has 0 aromatic heterocycles. The molecule has 1 aliphatic carbocycles. The van der Waals surface area contributed by atoms with Gasteiger partial charge in [-0.15, -0.1) is 0 Å². The van der Waals surface area contributed by atoms with Crippen molar-refractivity contribution in [1.82, 2.24) is 5.32 Å².